The first-order valence-corrected chi connectivity index (χ1v) is 7.55. The van der Waals surface area contributed by atoms with Crippen LogP contribution in [-0.2, 0) is 0 Å². The highest BCUT2D eigenvalue weighted by atomic mass is 16.5. The molecule has 2 aromatic carbocycles. The molecule has 0 aliphatic carbocycles. The van der Waals surface area contributed by atoms with Crippen LogP contribution < -0.4 is 14.2 Å². The van der Waals surface area contributed by atoms with Gasteiger partial charge in [0.05, 0.1) is 26.9 Å². The lowest BCUT2D eigenvalue weighted by atomic mass is 10.1. The second-order valence-corrected chi connectivity index (χ2v) is 5.22. The van der Waals surface area contributed by atoms with Gasteiger partial charge >= 0.3 is 5.97 Å². The quantitative estimate of drug-likeness (QED) is 0.718. The Kier molecular flexibility index (Phi) is 4.74. The fourth-order valence-electron chi connectivity index (χ4n) is 2.42. The van der Waals surface area contributed by atoms with Crippen molar-refractivity contribution >= 4 is 5.97 Å². The van der Waals surface area contributed by atoms with E-state index in [4.69, 9.17) is 23.8 Å². The lowest BCUT2D eigenvalue weighted by Gasteiger charge is -2.12. The number of nitrogens with zero attached hydrogens (tertiary/aromatic N) is 2. The van der Waals surface area contributed by atoms with Crippen molar-refractivity contribution in [1.82, 2.24) is 10.1 Å². The maximum atomic E-state index is 10.9. The molecule has 0 unspecified atom stereocenters. The van der Waals surface area contributed by atoms with Gasteiger partial charge in [-0.3, -0.25) is 0 Å². The standard InChI is InChI=1S/C18H16N2O6/c1-23-13-8-12(9-14(24-2)15(13)25-3)17-19-16(20-26-17)10-4-6-11(7-5-10)18(21)22/h4-9H,1-3H3,(H,21,22). The Bertz CT molecular complexity index is 908. The molecule has 8 heteroatoms. The zero-order valence-electron chi connectivity index (χ0n) is 14.3. The number of hydrogen-bond donors (Lipinski definition) is 1. The van der Waals surface area contributed by atoms with Crippen LogP contribution in [0.2, 0.25) is 0 Å². The molecule has 1 aromatic heterocycles. The van der Waals surface area contributed by atoms with Crippen molar-refractivity contribution in [2.75, 3.05) is 21.3 Å². The molecule has 0 radical (unpaired) electrons. The summed E-state index contributed by atoms with van der Waals surface area (Å²) >= 11 is 0. The second kappa shape index (κ2) is 7.14. The van der Waals surface area contributed by atoms with E-state index < -0.39 is 5.97 Å². The van der Waals surface area contributed by atoms with Crippen LogP contribution in [0.25, 0.3) is 22.8 Å². The number of carboxylic acids is 1. The van der Waals surface area contributed by atoms with Gasteiger partial charge in [-0.2, -0.15) is 4.98 Å². The van der Waals surface area contributed by atoms with Crippen LogP contribution in [-0.4, -0.2) is 42.5 Å². The molecular weight excluding hydrogens is 340 g/mol. The van der Waals surface area contributed by atoms with Gasteiger partial charge in [-0.25, -0.2) is 4.79 Å². The summed E-state index contributed by atoms with van der Waals surface area (Å²) in [5, 5.41) is 12.9. The summed E-state index contributed by atoms with van der Waals surface area (Å²) < 4.78 is 21.3. The molecule has 3 aromatic rings. The van der Waals surface area contributed by atoms with Crippen molar-refractivity contribution in [3.63, 3.8) is 0 Å². The maximum Gasteiger partial charge on any atom is 0.335 e. The summed E-state index contributed by atoms with van der Waals surface area (Å²) in [5.74, 6) is 0.998. The normalized spacial score (nSPS) is 10.4. The summed E-state index contributed by atoms with van der Waals surface area (Å²) in [6, 6.07) is 9.60. The number of methoxy groups -OCH3 is 3. The average Bonchev–Trinajstić information content (AvgIpc) is 3.17. The van der Waals surface area contributed by atoms with E-state index in [2.05, 4.69) is 10.1 Å². The van der Waals surface area contributed by atoms with E-state index in [1.165, 1.54) is 33.5 Å². The minimum Gasteiger partial charge on any atom is -0.493 e. The Morgan fingerprint density at radius 3 is 2.08 bits per heavy atom. The molecule has 3 rings (SSSR count). The van der Waals surface area contributed by atoms with Gasteiger partial charge in [0.15, 0.2) is 11.5 Å². The number of hydrogen-bond acceptors (Lipinski definition) is 7. The van der Waals surface area contributed by atoms with Crippen LogP contribution in [0.5, 0.6) is 17.2 Å². The molecule has 134 valence electrons. The van der Waals surface area contributed by atoms with Crippen molar-refractivity contribution in [3.8, 4) is 40.1 Å². The molecule has 26 heavy (non-hydrogen) atoms. The highest BCUT2D eigenvalue weighted by Gasteiger charge is 2.18. The van der Waals surface area contributed by atoms with Crippen LogP contribution in [0, 0.1) is 0 Å². The Hall–Kier alpha value is -3.55. The van der Waals surface area contributed by atoms with E-state index in [1.807, 2.05) is 0 Å². The van der Waals surface area contributed by atoms with Gasteiger partial charge in [0, 0.05) is 11.1 Å². The molecule has 0 fully saturated rings. The van der Waals surface area contributed by atoms with Crippen molar-refractivity contribution < 1.29 is 28.6 Å². The Labute approximate surface area is 148 Å². The minimum absolute atomic E-state index is 0.182. The number of benzene rings is 2. The van der Waals surface area contributed by atoms with Gasteiger partial charge in [-0.1, -0.05) is 17.3 Å². The largest absolute Gasteiger partial charge is 0.493 e. The van der Waals surface area contributed by atoms with Gasteiger partial charge in [-0.05, 0) is 24.3 Å². The SMILES string of the molecule is COc1cc(-c2nc(-c3ccc(C(=O)O)cc3)no2)cc(OC)c1OC. The van der Waals surface area contributed by atoms with Crippen LogP contribution in [0.15, 0.2) is 40.9 Å². The van der Waals surface area contributed by atoms with E-state index in [0.29, 0.717) is 34.2 Å². The number of ether oxygens (including phenoxy) is 3. The molecule has 0 amide bonds. The third-order valence-corrected chi connectivity index (χ3v) is 3.73. The highest BCUT2D eigenvalue weighted by molar-refractivity contribution is 5.88. The first kappa shape index (κ1) is 17.3. The summed E-state index contributed by atoms with van der Waals surface area (Å²) in [6.45, 7) is 0. The smallest absolute Gasteiger partial charge is 0.335 e. The monoisotopic (exact) mass is 356 g/mol. The van der Waals surface area contributed by atoms with Gasteiger partial charge < -0.3 is 23.8 Å². The van der Waals surface area contributed by atoms with E-state index in [1.54, 1.807) is 24.3 Å². The maximum absolute atomic E-state index is 10.9. The summed E-state index contributed by atoms with van der Waals surface area (Å²) in [7, 11) is 4.56. The first-order valence-electron chi connectivity index (χ1n) is 7.55. The topological polar surface area (TPSA) is 104 Å². The molecule has 0 aliphatic rings. The molecule has 0 saturated heterocycles. The summed E-state index contributed by atoms with van der Waals surface area (Å²) in [6.07, 6.45) is 0. The Morgan fingerprint density at radius 1 is 0.962 bits per heavy atom. The molecule has 0 aliphatic heterocycles. The van der Waals surface area contributed by atoms with Crippen LogP contribution in [0.3, 0.4) is 0 Å². The lowest BCUT2D eigenvalue weighted by molar-refractivity contribution is 0.0697. The molecule has 0 bridgehead atoms. The number of rotatable bonds is 6. The zero-order valence-corrected chi connectivity index (χ0v) is 14.3. The molecule has 0 spiro atoms. The lowest BCUT2D eigenvalue weighted by Crippen LogP contribution is -1.96. The molecule has 8 nitrogen and oxygen atoms in total. The fraction of sp³-hybridized carbons (Fsp3) is 0.167. The van der Waals surface area contributed by atoms with Crippen molar-refractivity contribution in [1.29, 1.82) is 0 Å². The third kappa shape index (κ3) is 3.16. The fourth-order valence-corrected chi connectivity index (χ4v) is 2.42. The van der Waals surface area contributed by atoms with E-state index in [0.717, 1.165) is 0 Å². The van der Waals surface area contributed by atoms with Gasteiger partial charge in [0.25, 0.3) is 5.89 Å². The van der Waals surface area contributed by atoms with E-state index in [-0.39, 0.29) is 11.5 Å². The van der Waals surface area contributed by atoms with Crippen LogP contribution in [0.4, 0.5) is 0 Å². The van der Waals surface area contributed by atoms with Gasteiger partial charge in [-0.15, -0.1) is 0 Å². The van der Waals surface area contributed by atoms with Gasteiger partial charge in [0.2, 0.25) is 11.6 Å². The summed E-state index contributed by atoms with van der Waals surface area (Å²) in [5.41, 5.74) is 1.42. The minimum atomic E-state index is -0.997. The predicted molar refractivity (Wildman–Crippen MR) is 91.8 cm³/mol. The highest BCUT2D eigenvalue weighted by Crippen LogP contribution is 2.41. The van der Waals surface area contributed by atoms with Gasteiger partial charge in [0.1, 0.15) is 0 Å². The molecule has 0 atom stereocenters. The van der Waals surface area contributed by atoms with E-state index >= 15 is 0 Å². The first-order chi connectivity index (χ1) is 12.6. The van der Waals surface area contributed by atoms with Crippen LogP contribution >= 0.6 is 0 Å². The number of carboxylic acid groups (broad SMARTS) is 1. The number of aromatic carboxylic acids is 1. The third-order valence-electron chi connectivity index (χ3n) is 3.73. The molecular formula is C18H16N2O6. The Balaban J connectivity index is 1.98. The second-order valence-electron chi connectivity index (χ2n) is 5.22. The number of carbonyl (C=O) groups is 1. The predicted octanol–water partition coefficient (Wildman–Crippen LogP) is 3.13. The number of aromatic nitrogens is 2. The molecule has 0 saturated carbocycles. The molecule has 1 N–H and O–H groups in total. The average molecular weight is 356 g/mol. The van der Waals surface area contributed by atoms with Crippen LogP contribution in [0.1, 0.15) is 10.4 Å². The van der Waals surface area contributed by atoms with E-state index in [9.17, 15) is 4.79 Å². The van der Waals surface area contributed by atoms with Crippen molar-refractivity contribution in [2.24, 2.45) is 0 Å². The zero-order chi connectivity index (χ0) is 18.7. The van der Waals surface area contributed by atoms with Crippen molar-refractivity contribution in [3.05, 3.63) is 42.0 Å². The van der Waals surface area contributed by atoms with Crippen molar-refractivity contribution in [2.45, 2.75) is 0 Å². The summed E-state index contributed by atoms with van der Waals surface area (Å²) in [4.78, 5) is 15.3. The Morgan fingerprint density at radius 2 is 1.58 bits per heavy atom. The molecule has 1 heterocycles.